The van der Waals surface area contributed by atoms with E-state index in [9.17, 15) is 4.79 Å². The fraction of sp³-hybridized carbons (Fsp3) is 0.562. The van der Waals surface area contributed by atoms with Crippen LogP contribution in [0.3, 0.4) is 0 Å². The van der Waals surface area contributed by atoms with Crippen molar-refractivity contribution in [2.75, 3.05) is 7.11 Å². The van der Waals surface area contributed by atoms with Gasteiger partial charge in [-0.3, -0.25) is 4.79 Å². The maximum atomic E-state index is 11.8. The van der Waals surface area contributed by atoms with E-state index in [0.717, 1.165) is 11.3 Å². The van der Waals surface area contributed by atoms with Crippen molar-refractivity contribution in [2.45, 2.75) is 39.7 Å². The summed E-state index contributed by atoms with van der Waals surface area (Å²) in [7, 11) is 1.45. The fourth-order valence-electron chi connectivity index (χ4n) is 2.88. The van der Waals surface area contributed by atoms with Crippen molar-refractivity contribution in [1.29, 1.82) is 0 Å². The van der Waals surface area contributed by atoms with Gasteiger partial charge in [-0.05, 0) is 30.9 Å². The predicted molar refractivity (Wildman–Crippen MR) is 74.2 cm³/mol. The van der Waals surface area contributed by atoms with Crippen LogP contribution < -0.4 is 4.74 Å². The largest absolute Gasteiger partial charge is 0.491 e. The van der Waals surface area contributed by atoms with Gasteiger partial charge in [-0.25, -0.2) is 0 Å². The molecule has 1 saturated carbocycles. The Kier molecular flexibility index (Phi) is 3.57. The number of hydrogen-bond donors (Lipinski definition) is 0. The minimum Gasteiger partial charge on any atom is -0.491 e. The zero-order valence-corrected chi connectivity index (χ0v) is 12.3. The molecule has 3 nitrogen and oxygen atoms in total. The first kappa shape index (κ1) is 13.9. The van der Waals surface area contributed by atoms with Crippen LogP contribution in [0.25, 0.3) is 0 Å². The Balaban J connectivity index is 2.31. The second-order valence-electron chi connectivity index (χ2n) is 6.00. The van der Waals surface area contributed by atoms with Gasteiger partial charge in [0.25, 0.3) is 0 Å². The summed E-state index contributed by atoms with van der Waals surface area (Å²) in [6, 6.07) is 7.97. The lowest BCUT2D eigenvalue weighted by Crippen LogP contribution is -2.08. The summed E-state index contributed by atoms with van der Waals surface area (Å²) in [4.78, 5) is 11.8. The summed E-state index contributed by atoms with van der Waals surface area (Å²) in [6.45, 7) is 8.22. The summed E-state index contributed by atoms with van der Waals surface area (Å²) in [5.74, 6) is 0.848. The van der Waals surface area contributed by atoms with Crippen LogP contribution in [-0.4, -0.2) is 19.2 Å². The second kappa shape index (κ2) is 4.87. The van der Waals surface area contributed by atoms with E-state index < -0.39 is 0 Å². The highest BCUT2D eigenvalue weighted by Crippen LogP contribution is 2.66. The number of ether oxygens (including phenoxy) is 2. The number of benzene rings is 1. The molecule has 0 aliphatic heterocycles. The van der Waals surface area contributed by atoms with E-state index in [1.807, 2.05) is 38.1 Å². The summed E-state index contributed by atoms with van der Waals surface area (Å²) in [6.07, 6.45) is 0.125. The van der Waals surface area contributed by atoms with E-state index in [1.54, 1.807) is 0 Å². The highest BCUT2D eigenvalue weighted by molar-refractivity contribution is 5.79. The third kappa shape index (κ3) is 2.46. The molecule has 0 heterocycles. The van der Waals surface area contributed by atoms with E-state index in [2.05, 4.69) is 13.8 Å². The minimum atomic E-state index is -0.130. The van der Waals surface area contributed by atoms with Crippen LogP contribution in [-0.2, 0) is 9.53 Å². The molecule has 0 N–H and O–H groups in total. The van der Waals surface area contributed by atoms with Gasteiger partial charge in [-0.15, -0.1) is 0 Å². The smallest absolute Gasteiger partial charge is 0.309 e. The van der Waals surface area contributed by atoms with E-state index in [1.165, 1.54) is 7.11 Å². The summed E-state index contributed by atoms with van der Waals surface area (Å²) in [5, 5.41) is 0. The van der Waals surface area contributed by atoms with Crippen LogP contribution in [0, 0.1) is 11.3 Å². The molecule has 0 aromatic heterocycles. The molecular formula is C16H22O3. The lowest BCUT2D eigenvalue weighted by molar-refractivity contribution is -0.143. The first-order valence-electron chi connectivity index (χ1n) is 6.73. The third-order valence-electron chi connectivity index (χ3n) is 3.90. The van der Waals surface area contributed by atoms with Crippen molar-refractivity contribution in [1.82, 2.24) is 0 Å². The number of methoxy groups -OCH3 is 1. The van der Waals surface area contributed by atoms with Gasteiger partial charge in [0.2, 0.25) is 0 Å². The zero-order valence-electron chi connectivity index (χ0n) is 12.3. The molecule has 0 bridgehead atoms. The molecule has 0 amide bonds. The van der Waals surface area contributed by atoms with E-state index in [0.29, 0.717) is 0 Å². The SMILES string of the molecule is COC(=O)C1C(c2ccccc2OC(C)C)C1(C)C. The second-order valence-corrected chi connectivity index (χ2v) is 6.00. The van der Waals surface area contributed by atoms with Crippen molar-refractivity contribution in [2.24, 2.45) is 11.3 Å². The normalized spacial score (nSPS) is 24.1. The van der Waals surface area contributed by atoms with Crippen molar-refractivity contribution < 1.29 is 14.3 Å². The number of para-hydroxylation sites is 1. The molecule has 1 fully saturated rings. The minimum absolute atomic E-state index is 0.0659. The van der Waals surface area contributed by atoms with Crippen LogP contribution in [0.1, 0.15) is 39.2 Å². The summed E-state index contributed by atoms with van der Waals surface area (Å²) < 4.78 is 10.8. The van der Waals surface area contributed by atoms with Crippen LogP contribution in [0.15, 0.2) is 24.3 Å². The van der Waals surface area contributed by atoms with Gasteiger partial charge in [0.1, 0.15) is 5.75 Å². The Morgan fingerprint density at radius 1 is 1.26 bits per heavy atom. The van der Waals surface area contributed by atoms with Gasteiger partial charge in [0.05, 0.1) is 19.1 Å². The molecule has 2 rings (SSSR count). The molecule has 1 aliphatic rings. The molecule has 2 atom stereocenters. The van der Waals surface area contributed by atoms with E-state index >= 15 is 0 Å². The van der Waals surface area contributed by atoms with Crippen molar-refractivity contribution in [3.63, 3.8) is 0 Å². The molecule has 0 spiro atoms. The molecule has 1 aromatic rings. The number of carbonyl (C=O) groups is 1. The van der Waals surface area contributed by atoms with Gasteiger partial charge < -0.3 is 9.47 Å². The predicted octanol–water partition coefficient (Wildman–Crippen LogP) is 3.39. The molecule has 2 unspecified atom stereocenters. The molecule has 19 heavy (non-hydrogen) atoms. The zero-order chi connectivity index (χ0) is 14.2. The lowest BCUT2D eigenvalue weighted by Gasteiger charge is -2.14. The van der Waals surface area contributed by atoms with Crippen LogP contribution in [0.5, 0.6) is 5.75 Å². The van der Waals surface area contributed by atoms with Gasteiger partial charge in [-0.2, -0.15) is 0 Å². The molecule has 104 valence electrons. The molecular weight excluding hydrogens is 240 g/mol. The maximum Gasteiger partial charge on any atom is 0.309 e. The first-order chi connectivity index (χ1) is 8.89. The lowest BCUT2D eigenvalue weighted by atomic mass is 10.0. The Morgan fingerprint density at radius 2 is 1.89 bits per heavy atom. The average Bonchev–Trinajstić information content (AvgIpc) is 2.91. The Bertz CT molecular complexity index is 477. The van der Waals surface area contributed by atoms with Crippen LogP contribution >= 0.6 is 0 Å². The van der Waals surface area contributed by atoms with Gasteiger partial charge in [0.15, 0.2) is 0 Å². The molecule has 0 saturated heterocycles. The van der Waals surface area contributed by atoms with Crippen molar-refractivity contribution in [3.8, 4) is 5.75 Å². The summed E-state index contributed by atoms with van der Waals surface area (Å²) in [5.41, 5.74) is 1.04. The summed E-state index contributed by atoms with van der Waals surface area (Å²) >= 11 is 0. The van der Waals surface area contributed by atoms with Gasteiger partial charge in [0, 0.05) is 5.92 Å². The Labute approximate surface area is 114 Å². The van der Waals surface area contributed by atoms with Crippen LogP contribution in [0.2, 0.25) is 0 Å². The van der Waals surface area contributed by atoms with Crippen molar-refractivity contribution >= 4 is 5.97 Å². The molecule has 1 aliphatic carbocycles. The van der Waals surface area contributed by atoms with E-state index in [4.69, 9.17) is 9.47 Å². The van der Waals surface area contributed by atoms with Crippen molar-refractivity contribution in [3.05, 3.63) is 29.8 Å². The molecule has 3 heteroatoms. The average molecular weight is 262 g/mol. The monoisotopic (exact) mass is 262 g/mol. The third-order valence-corrected chi connectivity index (χ3v) is 3.90. The maximum absolute atomic E-state index is 11.8. The Hall–Kier alpha value is -1.51. The highest BCUT2D eigenvalue weighted by atomic mass is 16.5. The highest BCUT2D eigenvalue weighted by Gasteiger charge is 2.63. The first-order valence-corrected chi connectivity index (χ1v) is 6.73. The molecule has 0 radical (unpaired) electrons. The number of hydrogen-bond acceptors (Lipinski definition) is 3. The van der Waals surface area contributed by atoms with E-state index in [-0.39, 0.29) is 29.3 Å². The number of carbonyl (C=O) groups excluding carboxylic acids is 1. The van der Waals surface area contributed by atoms with Gasteiger partial charge >= 0.3 is 5.97 Å². The Morgan fingerprint density at radius 3 is 2.47 bits per heavy atom. The molecule has 1 aromatic carbocycles. The van der Waals surface area contributed by atoms with Gasteiger partial charge in [-0.1, -0.05) is 32.0 Å². The number of esters is 1. The number of rotatable bonds is 4. The quantitative estimate of drug-likeness (QED) is 0.780. The standard InChI is InChI=1S/C16H22O3/c1-10(2)19-12-9-7-6-8-11(12)13-14(15(17)18-5)16(13,3)4/h6-10,13-14H,1-5H3. The topological polar surface area (TPSA) is 35.5 Å². The fourth-order valence-corrected chi connectivity index (χ4v) is 2.88. The van der Waals surface area contributed by atoms with Crippen LogP contribution in [0.4, 0.5) is 0 Å².